The molecule has 0 atom stereocenters. The molecule has 0 fully saturated rings. The molecule has 6 aromatic carbocycles. The molecule has 0 bridgehead atoms. The van der Waals surface area contributed by atoms with Gasteiger partial charge >= 0.3 is 6.18 Å². The molecule has 22 nitrogen and oxygen atoms in total. The first-order valence-corrected chi connectivity index (χ1v) is 35.9. The molecule has 3 radical (unpaired) electrons. The number of aryl methyl sites for hydroxylation is 4. The molecule has 0 amide bonds. The number of para-hydroxylation sites is 3. The van der Waals surface area contributed by atoms with E-state index >= 15 is 0 Å². The topological polar surface area (TPSA) is 261 Å². The van der Waals surface area contributed by atoms with Crippen LogP contribution in [0, 0.1) is 25.1 Å². The van der Waals surface area contributed by atoms with Gasteiger partial charge in [-0.1, -0.05) is 128 Å². The Balaban J connectivity index is 0.000000123. The zero-order chi connectivity index (χ0) is 78.5. The van der Waals surface area contributed by atoms with Gasteiger partial charge in [0.15, 0.2) is 46.9 Å². The molecule has 15 aromatic heterocycles. The largest absolute Gasteiger partial charge is 0.570 e. The van der Waals surface area contributed by atoms with Crippen molar-refractivity contribution in [3.63, 3.8) is 0 Å². The fraction of sp³-hybridized carbons (Fsp3) is 0.101. The Kier molecular flexibility index (Phi) is 25.0. The van der Waals surface area contributed by atoms with Crippen LogP contribution < -0.4 is 29.0 Å². The number of pyridine rings is 6. The van der Waals surface area contributed by atoms with E-state index < -0.39 is 12.0 Å². The number of fused-ring (bicyclic) bond motifs is 12. The molecule has 21 aromatic rings. The van der Waals surface area contributed by atoms with Crippen molar-refractivity contribution < 1.29 is 100 Å². The van der Waals surface area contributed by atoms with Gasteiger partial charge in [0.25, 0.3) is 0 Å². The third kappa shape index (κ3) is 18.4. The number of hydrogen-bond donors (Lipinski definition) is 0. The number of aromatic nitrogens is 19. The van der Waals surface area contributed by atoms with Crippen LogP contribution in [-0.4, -0.2) is 65.1 Å². The summed E-state index contributed by atoms with van der Waals surface area (Å²) in [5, 5.41) is 29.4. The molecule has 0 spiro atoms. The standard InChI is InChI=1S/3C19H10N3O.C13H17N3.C10H11N3.C9H7F3N4.3Ir/c3*1-2-4-17-13(3-1)14-6-5-12(11-18(14)23-17)15-7-8-16-19(22-15)21-10-9-20-16;1-13(2,3)12-9-10(14-15-12)11-7-5-6-8-16(11)4;1-8-7-9(12-11-8)10-5-3-4-6-13(10)2;1-16-5-3-2-4-6(16)7-13-8(15-14-7)9(10,11)12;;;/h3*1-4,6-11H;5-9H,1-4H3;3-7H,1-2H3;2-5H,1H3;;;/q3*-1;;;;;;. The first-order chi connectivity index (χ1) is 55.4. The minimum atomic E-state index is -4.56. The van der Waals surface area contributed by atoms with Gasteiger partial charge in [0, 0.05) is 157 Å². The number of furan rings is 3. The monoisotopic (exact) mass is 2080 g/mol. The third-order valence-corrected chi connectivity index (χ3v) is 18.3. The average Bonchev–Trinajstić information content (AvgIpc) is 1.66. The van der Waals surface area contributed by atoms with Crippen molar-refractivity contribution in [2.45, 2.75) is 39.3 Å². The van der Waals surface area contributed by atoms with Crippen LogP contribution in [0.2, 0.25) is 0 Å². The maximum absolute atomic E-state index is 12.2. The summed E-state index contributed by atoms with van der Waals surface area (Å²) < 4.78 is 60.2. The average molecular weight is 2080 g/mol. The molecule has 0 saturated carbocycles. The number of halogens is 3. The van der Waals surface area contributed by atoms with Crippen molar-refractivity contribution in [2.75, 3.05) is 0 Å². The van der Waals surface area contributed by atoms with Gasteiger partial charge in [0.2, 0.25) is 5.69 Å². The van der Waals surface area contributed by atoms with Crippen LogP contribution in [0.3, 0.4) is 0 Å². The van der Waals surface area contributed by atoms with Gasteiger partial charge in [-0.25, -0.2) is 28.7 Å². The number of nitrogens with zero attached hydrogens (tertiary/aromatic N) is 19. The van der Waals surface area contributed by atoms with Crippen LogP contribution in [0.5, 0.6) is 0 Å². The number of rotatable bonds is 6. The van der Waals surface area contributed by atoms with Crippen molar-refractivity contribution in [3.8, 4) is 68.1 Å². The molecule has 28 heteroatoms. The molecular weight excluding hydrogens is 2020 g/mol. The van der Waals surface area contributed by atoms with E-state index in [9.17, 15) is 13.2 Å². The summed E-state index contributed by atoms with van der Waals surface area (Å²) in [6, 6.07) is 78.5. The summed E-state index contributed by atoms with van der Waals surface area (Å²) >= 11 is 0. The van der Waals surface area contributed by atoms with E-state index in [1.165, 1.54) is 0 Å². The Morgan fingerprint density at radius 2 is 0.718 bits per heavy atom. The zero-order valence-electron chi connectivity index (χ0n) is 63.3. The summed E-state index contributed by atoms with van der Waals surface area (Å²) in [5.74, 6) is -1.25. The van der Waals surface area contributed by atoms with E-state index in [2.05, 4.69) is 154 Å². The van der Waals surface area contributed by atoms with E-state index in [0.717, 1.165) is 150 Å². The zero-order valence-corrected chi connectivity index (χ0v) is 70.4. The molecule has 0 aliphatic carbocycles. The summed E-state index contributed by atoms with van der Waals surface area (Å²) in [5.41, 5.74) is 21.0. The Labute approximate surface area is 706 Å². The second-order valence-electron chi connectivity index (χ2n) is 27.2. The van der Waals surface area contributed by atoms with Crippen molar-refractivity contribution >= 4 is 99.3 Å². The maximum atomic E-state index is 12.2. The smallest absolute Gasteiger partial charge is 0.429 e. The van der Waals surface area contributed by atoms with E-state index in [1.54, 1.807) is 73.2 Å². The fourth-order valence-electron chi connectivity index (χ4n) is 12.5. The molecule has 0 saturated heterocycles. The minimum absolute atomic E-state index is 0. The minimum Gasteiger partial charge on any atom is -0.570 e. The van der Waals surface area contributed by atoms with E-state index in [4.69, 9.17) is 13.3 Å². The van der Waals surface area contributed by atoms with Crippen molar-refractivity contribution in [1.82, 2.24) is 80.4 Å². The molecule has 15 heterocycles. The normalized spacial score (nSPS) is 11.1. The summed E-state index contributed by atoms with van der Waals surface area (Å²) in [6.07, 6.45) is 11.1. The van der Waals surface area contributed by atoms with Gasteiger partial charge in [0.1, 0.15) is 60.3 Å². The Hall–Kier alpha value is -13.1. The van der Waals surface area contributed by atoms with Crippen LogP contribution in [0.25, 0.3) is 167 Å². The quantitative estimate of drug-likeness (QED) is 0.111. The fourth-order valence-corrected chi connectivity index (χ4v) is 12.5. The van der Waals surface area contributed by atoms with E-state index in [0.29, 0.717) is 22.6 Å². The van der Waals surface area contributed by atoms with Gasteiger partial charge in [-0.15, -0.1) is 53.1 Å². The molecule has 0 aliphatic rings. The van der Waals surface area contributed by atoms with E-state index in [1.807, 2.05) is 202 Å². The predicted molar refractivity (Wildman–Crippen MR) is 425 cm³/mol. The first kappa shape index (κ1) is 81.9. The van der Waals surface area contributed by atoms with Gasteiger partial charge < -0.3 is 43.7 Å². The van der Waals surface area contributed by atoms with Gasteiger partial charge in [0.05, 0.1) is 16.7 Å². The molecular formula is C89H65F3Ir3N19O3-3. The summed E-state index contributed by atoms with van der Waals surface area (Å²) in [4.78, 5) is 42.5. The van der Waals surface area contributed by atoms with Crippen LogP contribution in [0.15, 0.2) is 281 Å². The van der Waals surface area contributed by atoms with Crippen LogP contribution >= 0.6 is 0 Å². The molecule has 0 N–H and O–H groups in total. The Morgan fingerprint density at radius 1 is 0.359 bits per heavy atom. The van der Waals surface area contributed by atoms with E-state index in [-0.39, 0.29) is 71.6 Å². The van der Waals surface area contributed by atoms with Crippen LogP contribution in [0.4, 0.5) is 13.2 Å². The van der Waals surface area contributed by atoms with Crippen LogP contribution in [0.1, 0.15) is 38.0 Å². The van der Waals surface area contributed by atoms with Crippen molar-refractivity contribution in [1.29, 1.82) is 0 Å². The van der Waals surface area contributed by atoms with Gasteiger partial charge in [-0.3, -0.25) is 35.0 Å². The van der Waals surface area contributed by atoms with Crippen LogP contribution in [-0.2, 0) is 93.1 Å². The molecule has 21 rings (SSSR count). The summed E-state index contributed by atoms with van der Waals surface area (Å²) in [7, 11) is 5.71. The Morgan fingerprint density at radius 3 is 1.07 bits per heavy atom. The molecule has 0 aliphatic heterocycles. The van der Waals surface area contributed by atoms with Gasteiger partial charge in [-0.2, -0.15) is 13.2 Å². The molecule has 0 unspecified atom stereocenters. The molecule has 117 heavy (non-hydrogen) atoms. The Bertz CT molecular complexity index is 6520. The van der Waals surface area contributed by atoms with Crippen molar-refractivity contribution in [2.24, 2.45) is 21.1 Å². The third-order valence-electron chi connectivity index (χ3n) is 18.3. The second kappa shape index (κ2) is 35.8. The number of alkyl halides is 3. The first-order valence-electron chi connectivity index (χ1n) is 35.9. The maximum Gasteiger partial charge on any atom is 0.429 e. The van der Waals surface area contributed by atoms with Crippen molar-refractivity contribution in [3.05, 3.63) is 304 Å². The number of benzene rings is 6. The SMILES string of the molecule is C[n+]1ccccc1-c1cc(C(C)(C)C)n[n-]1.C[n+]1ccccc1-c1nc(C(F)(F)F)n[n-]1.Cc1cc(-c2cccc[n+]2C)[n-]n1.[Ir].[Ir].[Ir].[c-]1cc2c(cc1-c1ccc3nccnc3n1)oc1ccccc12.[c-]1cc2c(cc1-c1ccc3nccnc3n1)oc1ccccc12.[c-]1cc2c(cc1-c1ccc3nccnc3n1)oc1ccccc12. The molecule has 585 valence electrons. The van der Waals surface area contributed by atoms with Gasteiger partial charge in [-0.05, 0) is 118 Å². The second-order valence-corrected chi connectivity index (χ2v) is 27.2. The predicted octanol–water partition coefficient (Wildman–Crippen LogP) is 16.8. The summed E-state index contributed by atoms with van der Waals surface area (Å²) in [6.45, 7) is 8.38. The number of hydrogen-bond acceptors (Lipinski definition) is 16.